The topological polar surface area (TPSA) is 43.1 Å². The van der Waals surface area contributed by atoms with E-state index in [2.05, 4.69) is 0 Å². The van der Waals surface area contributed by atoms with Crippen molar-refractivity contribution in [2.45, 2.75) is 19.5 Å². The maximum Gasteiger partial charge on any atom is 0.419 e. The molecular formula is C10H9F4NO2. The molecule has 1 rings (SSSR count). The van der Waals surface area contributed by atoms with Crippen molar-refractivity contribution in [1.82, 2.24) is 0 Å². The van der Waals surface area contributed by atoms with Crippen molar-refractivity contribution in [2.75, 3.05) is 6.54 Å². The molecule has 0 bridgehead atoms. The van der Waals surface area contributed by atoms with Crippen molar-refractivity contribution < 1.29 is 22.5 Å². The molecule has 0 N–H and O–H groups in total. The Kier molecular flexibility index (Phi) is 3.69. The molecule has 0 atom stereocenters. The summed E-state index contributed by atoms with van der Waals surface area (Å²) < 4.78 is 50.2. The number of aryl methyl sites for hydroxylation is 1. The van der Waals surface area contributed by atoms with E-state index in [0.717, 1.165) is 6.07 Å². The van der Waals surface area contributed by atoms with Crippen LogP contribution in [-0.2, 0) is 12.6 Å². The summed E-state index contributed by atoms with van der Waals surface area (Å²) in [5.74, 6) is -1.36. The van der Waals surface area contributed by atoms with Crippen molar-refractivity contribution >= 4 is 0 Å². The second kappa shape index (κ2) is 4.68. The zero-order chi connectivity index (χ0) is 13.2. The summed E-state index contributed by atoms with van der Waals surface area (Å²) in [6.07, 6.45) is -4.94. The van der Waals surface area contributed by atoms with Crippen LogP contribution in [0.3, 0.4) is 0 Å². The van der Waals surface area contributed by atoms with Crippen LogP contribution in [-0.4, -0.2) is 11.5 Å². The van der Waals surface area contributed by atoms with Gasteiger partial charge in [-0.2, -0.15) is 13.2 Å². The smallest absolute Gasteiger partial charge is 0.265 e. The van der Waals surface area contributed by atoms with Gasteiger partial charge in [0.05, 0.1) is 5.56 Å². The lowest BCUT2D eigenvalue weighted by atomic mass is 10.0. The number of benzene rings is 1. The van der Waals surface area contributed by atoms with Gasteiger partial charge in [-0.05, 0) is 30.2 Å². The summed E-state index contributed by atoms with van der Waals surface area (Å²) in [7, 11) is 0. The predicted molar refractivity (Wildman–Crippen MR) is 51.7 cm³/mol. The Bertz CT molecular complexity index is 443. The summed E-state index contributed by atoms with van der Waals surface area (Å²) in [6.45, 7) is 0.933. The maximum absolute atomic E-state index is 13.1. The highest BCUT2D eigenvalue weighted by molar-refractivity contribution is 5.34. The van der Waals surface area contributed by atoms with Crippen molar-refractivity contribution in [2.24, 2.45) is 0 Å². The zero-order valence-electron chi connectivity index (χ0n) is 8.84. The first kappa shape index (κ1) is 13.4. The van der Waals surface area contributed by atoms with Gasteiger partial charge in [-0.25, -0.2) is 4.39 Å². The lowest BCUT2D eigenvalue weighted by molar-refractivity contribution is -0.479. The molecule has 0 heterocycles. The molecule has 17 heavy (non-hydrogen) atoms. The lowest BCUT2D eigenvalue weighted by Gasteiger charge is -2.11. The quantitative estimate of drug-likeness (QED) is 0.471. The predicted octanol–water partition coefficient (Wildman–Crippen LogP) is 2.97. The third kappa shape index (κ3) is 3.40. The number of hydrogen-bond donors (Lipinski definition) is 0. The van der Waals surface area contributed by atoms with Gasteiger partial charge in [-0.3, -0.25) is 10.1 Å². The fraction of sp³-hybridized carbons (Fsp3) is 0.400. The highest BCUT2D eigenvalue weighted by Crippen LogP contribution is 2.33. The number of nitrogens with zero attached hydrogens (tertiary/aromatic N) is 1. The molecule has 1 aromatic rings. The van der Waals surface area contributed by atoms with Gasteiger partial charge in [0.25, 0.3) is 0 Å². The first-order valence-electron chi connectivity index (χ1n) is 4.70. The van der Waals surface area contributed by atoms with E-state index in [9.17, 15) is 27.7 Å². The van der Waals surface area contributed by atoms with Crippen molar-refractivity contribution in [3.63, 3.8) is 0 Å². The Morgan fingerprint density at radius 1 is 1.35 bits per heavy atom. The summed E-state index contributed by atoms with van der Waals surface area (Å²) in [6, 6.07) is 1.38. The van der Waals surface area contributed by atoms with Crippen molar-refractivity contribution in [3.8, 4) is 0 Å². The fourth-order valence-electron chi connectivity index (χ4n) is 1.42. The molecule has 94 valence electrons. The summed E-state index contributed by atoms with van der Waals surface area (Å²) in [4.78, 5) is 9.51. The summed E-state index contributed by atoms with van der Waals surface area (Å²) in [5.41, 5.74) is -0.978. The van der Waals surface area contributed by atoms with E-state index >= 15 is 0 Å². The molecule has 7 heteroatoms. The number of hydrogen-bond acceptors (Lipinski definition) is 2. The van der Waals surface area contributed by atoms with Crippen LogP contribution in [0.1, 0.15) is 16.7 Å². The Balaban J connectivity index is 3.11. The van der Waals surface area contributed by atoms with Gasteiger partial charge in [0.1, 0.15) is 5.82 Å². The van der Waals surface area contributed by atoms with Gasteiger partial charge < -0.3 is 0 Å². The molecule has 0 fully saturated rings. The van der Waals surface area contributed by atoms with Gasteiger partial charge in [0.2, 0.25) is 6.54 Å². The molecule has 0 aromatic heterocycles. The minimum absolute atomic E-state index is 0.135. The molecule has 0 saturated heterocycles. The number of nitro groups is 1. The SMILES string of the molecule is Cc1cc(F)c(C(F)(F)F)cc1CC[N+](=O)[O-]. The second-order valence-corrected chi connectivity index (χ2v) is 3.56. The minimum atomic E-state index is -4.79. The summed E-state index contributed by atoms with van der Waals surface area (Å²) >= 11 is 0. The molecular weight excluding hydrogens is 242 g/mol. The van der Waals surface area contributed by atoms with E-state index in [4.69, 9.17) is 0 Å². The Morgan fingerprint density at radius 3 is 2.41 bits per heavy atom. The molecule has 0 aliphatic carbocycles. The first-order chi connectivity index (χ1) is 7.71. The molecule has 0 radical (unpaired) electrons. The summed E-state index contributed by atoms with van der Waals surface area (Å²) in [5, 5.41) is 10.1. The monoisotopic (exact) mass is 251 g/mol. The first-order valence-corrected chi connectivity index (χ1v) is 4.70. The molecule has 3 nitrogen and oxygen atoms in total. The van der Waals surface area contributed by atoms with Crippen LogP contribution in [0.4, 0.5) is 17.6 Å². The maximum atomic E-state index is 13.1. The molecule has 0 aliphatic heterocycles. The standard InChI is InChI=1S/C10H9F4NO2/c1-6-4-9(11)8(10(12,13)14)5-7(6)2-3-15(16)17/h4-5H,2-3H2,1H3. The van der Waals surface area contributed by atoms with Gasteiger partial charge in [-0.15, -0.1) is 0 Å². The van der Waals surface area contributed by atoms with Gasteiger partial charge in [0, 0.05) is 11.3 Å². The number of rotatable bonds is 3. The van der Waals surface area contributed by atoms with Crippen LogP contribution in [0.2, 0.25) is 0 Å². The lowest BCUT2D eigenvalue weighted by Crippen LogP contribution is -2.11. The molecule has 0 amide bonds. The third-order valence-electron chi connectivity index (χ3n) is 2.29. The fourth-order valence-corrected chi connectivity index (χ4v) is 1.42. The van der Waals surface area contributed by atoms with E-state index in [0.29, 0.717) is 6.07 Å². The van der Waals surface area contributed by atoms with Crippen LogP contribution in [0, 0.1) is 22.9 Å². The molecule has 0 spiro atoms. The van der Waals surface area contributed by atoms with Gasteiger partial charge >= 0.3 is 6.18 Å². The number of alkyl halides is 3. The van der Waals surface area contributed by atoms with Crippen LogP contribution in [0.25, 0.3) is 0 Å². The minimum Gasteiger partial charge on any atom is -0.265 e. The molecule has 1 aromatic carbocycles. The normalized spacial score (nSPS) is 11.6. The van der Waals surface area contributed by atoms with E-state index in [1.165, 1.54) is 6.92 Å². The zero-order valence-corrected chi connectivity index (χ0v) is 8.84. The van der Waals surface area contributed by atoms with Crippen LogP contribution >= 0.6 is 0 Å². The highest BCUT2D eigenvalue weighted by Gasteiger charge is 2.34. The third-order valence-corrected chi connectivity index (χ3v) is 2.29. The van der Waals surface area contributed by atoms with E-state index in [1.54, 1.807) is 0 Å². The van der Waals surface area contributed by atoms with E-state index in [1.807, 2.05) is 0 Å². The van der Waals surface area contributed by atoms with Crippen LogP contribution in [0.15, 0.2) is 12.1 Å². The van der Waals surface area contributed by atoms with Crippen molar-refractivity contribution in [1.29, 1.82) is 0 Å². The van der Waals surface area contributed by atoms with Crippen molar-refractivity contribution in [3.05, 3.63) is 44.8 Å². The largest absolute Gasteiger partial charge is 0.419 e. The van der Waals surface area contributed by atoms with E-state index < -0.39 is 29.0 Å². The molecule has 0 saturated carbocycles. The van der Waals surface area contributed by atoms with Crippen LogP contribution in [0.5, 0.6) is 0 Å². The molecule has 0 unspecified atom stereocenters. The Labute approximate surface area is 94.2 Å². The number of halogens is 4. The Morgan fingerprint density at radius 2 is 1.94 bits per heavy atom. The average Bonchev–Trinajstić information content (AvgIpc) is 2.13. The van der Waals surface area contributed by atoms with Gasteiger partial charge in [-0.1, -0.05) is 0 Å². The molecule has 0 aliphatic rings. The van der Waals surface area contributed by atoms with Gasteiger partial charge in [0.15, 0.2) is 0 Å². The van der Waals surface area contributed by atoms with Crippen LogP contribution < -0.4 is 0 Å². The highest BCUT2D eigenvalue weighted by atomic mass is 19.4. The van der Waals surface area contributed by atoms with E-state index in [-0.39, 0.29) is 17.5 Å². The Hall–Kier alpha value is -1.66. The second-order valence-electron chi connectivity index (χ2n) is 3.56. The average molecular weight is 251 g/mol.